The summed E-state index contributed by atoms with van der Waals surface area (Å²) in [7, 11) is -3.60. The molecule has 0 radical (unpaired) electrons. The van der Waals surface area contributed by atoms with Crippen LogP contribution in [0.3, 0.4) is 0 Å². The molecule has 0 N–H and O–H groups in total. The highest BCUT2D eigenvalue weighted by Gasteiger charge is 1.99. The lowest BCUT2D eigenvalue weighted by Crippen LogP contribution is -1.97. The van der Waals surface area contributed by atoms with Gasteiger partial charge in [-0.25, -0.2) is 8.42 Å². The number of hydrogen-bond donors (Lipinski definition) is 0. The van der Waals surface area contributed by atoms with Gasteiger partial charge in [-0.2, -0.15) is 0 Å². The summed E-state index contributed by atoms with van der Waals surface area (Å²) in [5.74, 6) is 0. The predicted molar refractivity (Wildman–Crippen MR) is 102 cm³/mol. The average Bonchev–Trinajstić information content (AvgIpc) is 2.40. The van der Waals surface area contributed by atoms with E-state index < -0.39 is 10.4 Å². The zero-order valence-electron chi connectivity index (χ0n) is 11.5. The Bertz CT molecular complexity index is 327. The van der Waals surface area contributed by atoms with E-state index in [1.165, 1.54) is 3.53 Å². The quantitative estimate of drug-likeness (QED) is 0.285. The molecule has 0 aromatic heterocycles. The predicted octanol–water partition coefficient (Wildman–Crippen LogP) is 2.60. The zero-order chi connectivity index (χ0) is 15.9. The Hall–Kier alpha value is 1.45. The van der Waals surface area contributed by atoms with Crippen molar-refractivity contribution in [2.75, 3.05) is 38.4 Å². The molecule has 0 amide bonds. The van der Waals surface area contributed by atoms with Gasteiger partial charge in [-0.05, 0) is 25.0 Å². The summed E-state index contributed by atoms with van der Waals surface area (Å²) >= 11 is 13.5. The molecule has 0 unspecified atom stereocenters. The van der Waals surface area contributed by atoms with Crippen LogP contribution < -0.4 is 0 Å². The third-order valence-corrected chi connectivity index (χ3v) is 8.11. The summed E-state index contributed by atoms with van der Waals surface area (Å²) in [6.07, 6.45) is 10.3. The van der Waals surface area contributed by atoms with E-state index in [1.54, 1.807) is 23.5 Å². The summed E-state index contributed by atoms with van der Waals surface area (Å²) in [5.41, 5.74) is 0. The first-order valence-electron chi connectivity index (χ1n) is 4.34. The van der Waals surface area contributed by atoms with Crippen LogP contribution >= 0.6 is 59.3 Å². The van der Waals surface area contributed by atoms with Gasteiger partial charge in [-0.3, -0.25) is 4.18 Å². The molecule has 0 fully saturated rings. The van der Waals surface area contributed by atoms with Crippen molar-refractivity contribution in [2.45, 2.75) is 0 Å². The zero-order valence-corrected chi connectivity index (χ0v) is 17.2. The van der Waals surface area contributed by atoms with Gasteiger partial charge in [0.25, 0.3) is 3.53 Å². The topological polar surface area (TPSA) is 66.4 Å². The third-order valence-electron chi connectivity index (χ3n) is 1.04. The summed E-state index contributed by atoms with van der Waals surface area (Å²) < 4.78 is 33.5. The molecule has 0 rings (SSSR count). The first-order valence-corrected chi connectivity index (χ1v) is 12.2. The maximum atomic E-state index is 9.22. The van der Waals surface area contributed by atoms with Crippen LogP contribution in [0.15, 0.2) is 0 Å². The number of thiocarbonyl (C=S) groups is 1. The molecule has 0 spiro atoms. The summed E-state index contributed by atoms with van der Waals surface area (Å²) in [4.78, 5) is 0. The highest BCUT2D eigenvalue weighted by atomic mass is 32.3. The summed E-state index contributed by atoms with van der Waals surface area (Å²) in [5, 5.41) is 0. The van der Waals surface area contributed by atoms with Crippen LogP contribution in [-0.2, 0) is 25.9 Å². The van der Waals surface area contributed by atoms with Gasteiger partial charge in [0.15, 0.2) is 17.6 Å². The van der Waals surface area contributed by atoms with Crippen LogP contribution in [0.2, 0.25) is 0 Å². The van der Waals surface area contributed by atoms with E-state index in [2.05, 4.69) is 23.0 Å². The van der Waals surface area contributed by atoms with E-state index in [9.17, 15) is 13.0 Å². The molecule has 0 aliphatic rings. The molecule has 0 aromatic carbocycles. The summed E-state index contributed by atoms with van der Waals surface area (Å²) in [6, 6.07) is 0. The highest BCUT2D eigenvalue weighted by molar-refractivity contribution is 8.47. The van der Waals surface area contributed by atoms with E-state index in [0.29, 0.717) is 0 Å². The van der Waals surface area contributed by atoms with Gasteiger partial charge < -0.3 is 4.55 Å². The molecular weight excluding hydrogens is 385 g/mol. The minimum Gasteiger partial charge on any atom is -0.726 e. The third kappa shape index (κ3) is 28.4. The van der Waals surface area contributed by atoms with Gasteiger partial charge in [-0.15, -0.1) is 23.5 Å². The first-order chi connectivity index (χ1) is 8.71. The molecule has 11 heteroatoms. The maximum Gasteiger partial charge on any atom is 0.290 e. The van der Waals surface area contributed by atoms with E-state index in [1.807, 2.05) is 47.4 Å². The molecule has 0 aromatic rings. The minimum absolute atomic E-state index is 0.808. The molecule has 0 saturated heterocycles. The Morgan fingerprint density at radius 1 is 1.11 bits per heavy atom. The van der Waals surface area contributed by atoms with Crippen LogP contribution in [-0.4, -0.2) is 58.4 Å². The van der Waals surface area contributed by atoms with Crippen LogP contribution in [0.1, 0.15) is 0 Å². The molecule has 0 aliphatic carbocycles. The van der Waals surface area contributed by atoms with Crippen molar-refractivity contribution in [1.82, 2.24) is 0 Å². The molecule has 4 nitrogen and oxygen atoms in total. The van der Waals surface area contributed by atoms with E-state index in [4.69, 9.17) is 12.2 Å². The Labute approximate surface area is 142 Å². The van der Waals surface area contributed by atoms with Gasteiger partial charge in [0, 0.05) is 0 Å². The second kappa shape index (κ2) is 17.5. The lowest BCUT2D eigenvalue weighted by atomic mass is 11.8. The largest absolute Gasteiger partial charge is 0.726 e. The lowest BCUT2D eigenvalue weighted by Gasteiger charge is -1.98. The number of hydrogen-bond acceptors (Lipinski definition) is 9. The van der Waals surface area contributed by atoms with Gasteiger partial charge in [0.05, 0.1) is 7.11 Å². The monoisotopic (exact) mass is 402 g/mol. The molecule has 0 heterocycles. The van der Waals surface area contributed by atoms with Crippen LogP contribution in [0.4, 0.5) is 0 Å². The first kappa shape index (κ1) is 25.4. The van der Waals surface area contributed by atoms with Crippen molar-refractivity contribution >= 4 is 88.1 Å². The SMILES string of the molecule is COS(=O)(=O)[O-].CSC(=S)SC.CSC(SC)=[S+]C. The van der Waals surface area contributed by atoms with Crippen LogP contribution in [0.25, 0.3) is 0 Å². The van der Waals surface area contributed by atoms with Crippen molar-refractivity contribution < 1.29 is 17.2 Å². The lowest BCUT2D eigenvalue weighted by molar-refractivity contribution is 0.314. The fraction of sp³-hybridized carbons (Fsp3) is 0.750. The van der Waals surface area contributed by atoms with Gasteiger partial charge >= 0.3 is 0 Å². The van der Waals surface area contributed by atoms with E-state index in [0.717, 1.165) is 10.6 Å². The molecule has 0 atom stereocenters. The van der Waals surface area contributed by atoms with Crippen LogP contribution in [0, 0.1) is 0 Å². The van der Waals surface area contributed by atoms with E-state index >= 15 is 0 Å². The molecule has 0 bridgehead atoms. The fourth-order valence-electron chi connectivity index (χ4n) is 0.333. The van der Waals surface area contributed by atoms with Crippen molar-refractivity contribution in [2.24, 2.45) is 0 Å². The van der Waals surface area contributed by atoms with Crippen molar-refractivity contribution in [1.29, 1.82) is 0 Å². The van der Waals surface area contributed by atoms with Crippen molar-refractivity contribution in [3.8, 4) is 0 Å². The van der Waals surface area contributed by atoms with Crippen LogP contribution in [0.5, 0.6) is 0 Å². The fourth-order valence-corrected chi connectivity index (χ4v) is 3.00. The summed E-state index contributed by atoms with van der Waals surface area (Å²) in [6.45, 7) is 0. The van der Waals surface area contributed by atoms with E-state index in [-0.39, 0.29) is 0 Å². The molecule has 0 saturated carbocycles. The number of thioether (sulfide) groups is 4. The second-order valence-electron chi connectivity index (χ2n) is 2.10. The average molecular weight is 403 g/mol. The molecule has 116 valence electrons. The molecular formula is C8H18O4S7. The maximum absolute atomic E-state index is 9.22. The Kier molecular flexibility index (Phi) is 23.4. The Morgan fingerprint density at radius 3 is 1.42 bits per heavy atom. The smallest absolute Gasteiger partial charge is 0.290 e. The normalized spacial score (nSPS) is 9.42. The Morgan fingerprint density at radius 2 is 1.42 bits per heavy atom. The highest BCUT2D eigenvalue weighted by Crippen LogP contribution is 2.09. The Balaban J connectivity index is -0.000000203. The molecule has 19 heavy (non-hydrogen) atoms. The molecule has 0 aliphatic heterocycles. The van der Waals surface area contributed by atoms with Gasteiger partial charge in [0.1, 0.15) is 3.53 Å². The second-order valence-corrected chi connectivity index (χ2v) is 9.29. The van der Waals surface area contributed by atoms with Crippen molar-refractivity contribution in [3.05, 3.63) is 0 Å². The van der Waals surface area contributed by atoms with Gasteiger partial charge in [0.2, 0.25) is 10.4 Å². The number of rotatable bonds is 1. The minimum atomic E-state index is -4.41. The standard InChI is InChI=1S/C4H9S3.C3H6S3.CH4O4S/c1-5-4(6-2)7-3;1-5-3(4)6-2;1-5-6(2,3)4/h1-3H3;1-2H3;1H3,(H,2,3,4)/q+1;;/p-1. The van der Waals surface area contributed by atoms with Crippen molar-refractivity contribution in [3.63, 3.8) is 0 Å². The van der Waals surface area contributed by atoms with Gasteiger partial charge in [-0.1, -0.05) is 35.7 Å².